The predicted molar refractivity (Wildman–Crippen MR) is 119 cm³/mol. The predicted octanol–water partition coefficient (Wildman–Crippen LogP) is 3.72. The number of rotatable bonds is 4. The van der Waals surface area contributed by atoms with E-state index in [-0.39, 0.29) is 0 Å². The second kappa shape index (κ2) is 11.7. The van der Waals surface area contributed by atoms with E-state index in [1.54, 1.807) is 0 Å². The van der Waals surface area contributed by atoms with Gasteiger partial charge in [0.1, 0.15) is 0 Å². The Morgan fingerprint density at radius 1 is 0.759 bits per heavy atom. The van der Waals surface area contributed by atoms with Gasteiger partial charge >= 0.3 is 0 Å². The lowest BCUT2D eigenvalue weighted by atomic mass is 10.1. The van der Waals surface area contributed by atoms with E-state index in [0.29, 0.717) is 6.04 Å². The normalized spacial score (nSPS) is 18.7. The minimum Gasteiger partial charge on any atom is -0.411 e. The highest BCUT2D eigenvalue weighted by Crippen LogP contribution is 2.12. The van der Waals surface area contributed by atoms with Crippen LogP contribution in [-0.4, -0.2) is 52.9 Å². The van der Waals surface area contributed by atoms with Crippen LogP contribution >= 0.6 is 0 Å². The highest BCUT2D eigenvalue weighted by atomic mass is 16.4. The molecule has 0 radical (unpaired) electrons. The zero-order chi connectivity index (χ0) is 20.3. The molecule has 2 heterocycles. The summed E-state index contributed by atoms with van der Waals surface area (Å²) in [5, 5.41) is 11.9. The summed E-state index contributed by atoms with van der Waals surface area (Å²) in [6.45, 7) is 6.36. The average Bonchev–Trinajstić information content (AvgIpc) is 2.78. The zero-order valence-electron chi connectivity index (χ0n) is 17.3. The van der Waals surface area contributed by atoms with Gasteiger partial charge in [-0.05, 0) is 37.1 Å². The van der Waals surface area contributed by atoms with Crippen molar-refractivity contribution in [2.24, 2.45) is 10.9 Å². The van der Waals surface area contributed by atoms with Gasteiger partial charge in [0.2, 0.25) is 0 Å². The first-order chi connectivity index (χ1) is 14.2. The van der Waals surface area contributed by atoms with Crippen LogP contribution in [0.2, 0.25) is 0 Å². The Morgan fingerprint density at radius 3 is 1.66 bits per heavy atom. The van der Waals surface area contributed by atoms with Crippen LogP contribution < -0.4 is 5.73 Å². The Labute approximate surface area is 174 Å². The highest BCUT2D eigenvalue weighted by molar-refractivity contribution is 5.84. The van der Waals surface area contributed by atoms with Gasteiger partial charge in [-0.25, -0.2) is 0 Å². The Balaban J connectivity index is 0.000000166. The van der Waals surface area contributed by atoms with Crippen LogP contribution in [0.25, 0.3) is 0 Å². The van der Waals surface area contributed by atoms with Crippen molar-refractivity contribution in [3.8, 4) is 0 Å². The van der Waals surface area contributed by atoms with Crippen molar-refractivity contribution in [2.45, 2.75) is 44.8 Å². The maximum atomic E-state index is 8.64. The van der Waals surface area contributed by atoms with Crippen molar-refractivity contribution in [3.63, 3.8) is 0 Å². The molecule has 0 unspecified atom stereocenters. The highest BCUT2D eigenvalue weighted by Gasteiger charge is 2.16. The molecule has 0 aromatic heterocycles. The van der Waals surface area contributed by atoms with E-state index in [1.165, 1.54) is 11.1 Å². The number of hydrogen-bond donors (Lipinski definition) is 2. The number of piperidine rings is 2. The Morgan fingerprint density at radius 2 is 1.21 bits per heavy atom. The van der Waals surface area contributed by atoms with Crippen LogP contribution in [0.1, 0.15) is 36.8 Å². The molecule has 5 heteroatoms. The molecule has 2 saturated heterocycles. The van der Waals surface area contributed by atoms with Gasteiger partial charge in [0.25, 0.3) is 0 Å². The molecule has 0 atom stereocenters. The number of nitrogens with two attached hydrogens (primary N) is 1. The third-order valence-corrected chi connectivity index (χ3v) is 5.70. The molecule has 29 heavy (non-hydrogen) atoms. The van der Waals surface area contributed by atoms with Crippen molar-refractivity contribution >= 4 is 5.71 Å². The lowest BCUT2D eigenvalue weighted by Crippen LogP contribution is -2.39. The van der Waals surface area contributed by atoms with Gasteiger partial charge in [-0.2, -0.15) is 0 Å². The van der Waals surface area contributed by atoms with Crippen LogP contribution in [0.15, 0.2) is 65.8 Å². The van der Waals surface area contributed by atoms with Crippen LogP contribution in [0, 0.1) is 0 Å². The zero-order valence-corrected chi connectivity index (χ0v) is 17.3. The monoisotopic (exact) mass is 394 g/mol. The molecule has 0 bridgehead atoms. The molecule has 2 aromatic rings. The number of likely N-dealkylation sites (tertiary alicyclic amines) is 2. The molecule has 0 amide bonds. The minimum atomic E-state index is 0.432. The SMILES string of the molecule is NC1CCN(Cc2ccccc2)CC1.ON=C1CCN(Cc2ccccc2)CC1. The summed E-state index contributed by atoms with van der Waals surface area (Å²) < 4.78 is 0. The third-order valence-electron chi connectivity index (χ3n) is 5.70. The fourth-order valence-electron chi connectivity index (χ4n) is 3.86. The van der Waals surface area contributed by atoms with Crippen LogP contribution in [0.4, 0.5) is 0 Å². The molecule has 2 aliphatic rings. The van der Waals surface area contributed by atoms with E-state index in [4.69, 9.17) is 10.9 Å². The third kappa shape index (κ3) is 7.61. The summed E-state index contributed by atoms with van der Waals surface area (Å²) in [6.07, 6.45) is 4.08. The summed E-state index contributed by atoms with van der Waals surface area (Å²) in [4.78, 5) is 4.88. The summed E-state index contributed by atoms with van der Waals surface area (Å²) in [5.41, 5.74) is 9.55. The van der Waals surface area contributed by atoms with Gasteiger partial charge in [-0.1, -0.05) is 65.8 Å². The molecule has 0 aliphatic carbocycles. The van der Waals surface area contributed by atoms with Crippen LogP contribution in [0.3, 0.4) is 0 Å². The first-order valence-corrected chi connectivity index (χ1v) is 10.7. The first-order valence-electron chi connectivity index (χ1n) is 10.7. The molecule has 4 rings (SSSR count). The van der Waals surface area contributed by atoms with Gasteiger partial charge in [0.05, 0.1) is 5.71 Å². The fraction of sp³-hybridized carbons (Fsp3) is 0.458. The summed E-state index contributed by atoms with van der Waals surface area (Å²) in [7, 11) is 0. The molecule has 3 N–H and O–H groups in total. The van der Waals surface area contributed by atoms with Crippen molar-refractivity contribution in [2.75, 3.05) is 26.2 Å². The van der Waals surface area contributed by atoms with Crippen LogP contribution in [-0.2, 0) is 13.1 Å². The largest absolute Gasteiger partial charge is 0.411 e. The van der Waals surface area contributed by atoms with E-state index >= 15 is 0 Å². The molecule has 0 saturated carbocycles. The van der Waals surface area contributed by atoms with Gasteiger partial charge < -0.3 is 10.9 Å². The molecular weight excluding hydrogens is 360 g/mol. The van der Waals surface area contributed by atoms with Gasteiger partial charge in [0.15, 0.2) is 0 Å². The lowest BCUT2D eigenvalue weighted by molar-refractivity contribution is 0.205. The molecule has 0 spiro atoms. The smallest absolute Gasteiger partial charge is 0.0596 e. The molecule has 2 aliphatic heterocycles. The summed E-state index contributed by atoms with van der Waals surface area (Å²) in [6, 6.07) is 21.6. The maximum absolute atomic E-state index is 8.64. The van der Waals surface area contributed by atoms with Gasteiger partial charge in [0, 0.05) is 45.1 Å². The van der Waals surface area contributed by atoms with Crippen molar-refractivity contribution in [3.05, 3.63) is 71.8 Å². The van der Waals surface area contributed by atoms with Crippen molar-refractivity contribution in [1.29, 1.82) is 0 Å². The molecule has 5 nitrogen and oxygen atoms in total. The molecule has 2 aromatic carbocycles. The summed E-state index contributed by atoms with van der Waals surface area (Å²) >= 11 is 0. The molecular formula is C24H34N4O. The number of benzene rings is 2. The molecule has 2 fully saturated rings. The number of nitrogens with zero attached hydrogens (tertiary/aromatic N) is 3. The Bertz CT molecular complexity index is 717. The minimum absolute atomic E-state index is 0.432. The first kappa shape index (κ1) is 21.5. The van der Waals surface area contributed by atoms with E-state index in [2.05, 4.69) is 69.6 Å². The van der Waals surface area contributed by atoms with Crippen molar-refractivity contribution < 1.29 is 5.21 Å². The maximum Gasteiger partial charge on any atom is 0.0596 e. The quantitative estimate of drug-likeness (QED) is 0.613. The topological polar surface area (TPSA) is 65.1 Å². The van der Waals surface area contributed by atoms with Crippen LogP contribution in [0.5, 0.6) is 0 Å². The summed E-state index contributed by atoms with van der Waals surface area (Å²) in [5.74, 6) is 0. The van der Waals surface area contributed by atoms with Gasteiger partial charge in [-0.15, -0.1) is 0 Å². The molecule has 156 valence electrons. The van der Waals surface area contributed by atoms with E-state index < -0.39 is 0 Å². The van der Waals surface area contributed by atoms with E-state index in [0.717, 1.165) is 70.7 Å². The van der Waals surface area contributed by atoms with Crippen molar-refractivity contribution in [1.82, 2.24) is 9.80 Å². The fourth-order valence-corrected chi connectivity index (χ4v) is 3.86. The number of oxime groups is 1. The average molecular weight is 395 g/mol. The Hall–Kier alpha value is -2.21. The standard InChI is InChI=1S/C12H16N2O.C12H18N2/c15-13-12-6-8-14(9-7-12)10-11-4-2-1-3-5-11;13-12-6-8-14(9-7-12)10-11-4-2-1-3-5-11/h1-5,15H,6-10H2;1-5,12H,6-10,13H2. The lowest BCUT2D eigenvalue weighted by Gasteiger charge is -2.29. The Kier molecular flexibility index (Phi) is 8.68. The number of hydrogen-bond acceptors (Lipinski definition) is 5. The van der Waals surface area contributed by atoms with E-state index in [9.17, 15) is 0 Å². The second-order valence-corrected chi connectivity index (χ2v) is 8.03. The second-order valence-electron chi connectivity index (χ2n) is 8.03. The van der Waals surface area contributed by atoms with Gasteiger partial charge in [-0.3, -0.25) is 9.80 Å². The van der Waals surface area contributed by atoms with E-state index in [1.807, 2.05) is 6.07 Å².